The second kappa shape index (κ2) is 4.58. The number of likely N-dealkylation sites (N-methyl/N-ethyl adjacent to an activating group) is 1. The Balaban J connectivity index is 2.19. The van der Waals surface area contributed by atoms with Crippen LogP contribution in [0.1, 0.15) is 0 Å². The normalized spacial score (nSPS) is 17.1. The number of nitro benzene ring substituents is 1. The van der Waals surface area contributed by atoms with Gasteiger partial charge in [-0.1, -0.05) is 0 Å². The lowest BCUT2D eigenvalue weighted by Gasteiger charge is -2.34. The van der Waals surface area contributed by atoms with E-state index in [-0.39, 0.29) is 5.69 Å². The molecular weight excluding hydrogens is 220 g/mol. The zero-order valence-electron chi connectivity index (χ0n) is 9.80. The number of anilines is 2. The second-order valence-corrected chi connectivity index (χ2v) is 4.29. The summed E-state index contributed by atoms with van der Waals surface area (Å²) in [5, 5.41) is 10.6. The first-order chi connectivity index (χ1) is 8.08. The molecule has 1 aliphatic rings. The second-order valence-electron chi connectivity index (χ2n) is 4.29. The molecule has 6 nitrogen and oxygen atoms in total. The minimum atomic E-state index is -0.426. The van der Waals surface area contributed by atoms with Crippen LogP contribution in [-0.2, 0) is 0 Å². The predicted octanol–water partition coefficient (Wildman–Crippen LogP) is 0.929. The van der Waals surface area contributed by atoms with E-state index in [4.69, 9.17) is 5.73 Å². The first-order valence-electron chi connectivity index (χ1n) is 5.55. The molecule has 2 N–H and O–H groups in total. The topological polar surface area (TPSA) is 75.6 Å². The maximum absolute atomic E-state index is 10.6. The van der Waals surface area contributed by atoms with Crippen LogP contribution in [0, 0.1) is 10.1 Å². The molecule has 0 saturated carbocycles. The minimum absolute atomic E-state index is 0.0420. The summed E-state index contributed by atoms with van der Waals surface area (Å²) >= 11 is 0. The summed E-state index contributed by atoms with van der Waals surface area (Å²) in [6.45, 7) is 3.77. The van der Waals surface area contributed by atoms with Crippen LogP contribution in [0.2, 0.25) is 0 Å². The third-order valence-electron chi connectivity index (χ3n) is 3.07. The molecule has 0 aromatic heterocycles. The maximum Gasteiger partial charge on any atom is 0.271 e. The first-order valence-corrected chi connectivity index (χ1v) is 5.55. The zero-order valence-corrected chi connectivity index (χ0v) is 9.80. The van der Waals surface area contributed by atoms with Crippen molar-refractivity contribution in [3.05, 3.63) is 28.3 Å². The van der Waals surface area contributed by atoms with Crippen LogP contribution in [0.5, 0.6) is 0 Å². The third kappa shape index (κ3) is 2.47. The minimum Gasteiger partial charge on any atom is -0.397 e. The average Bonchev–Trinajstić information content (AvgIpc) is 2.30. The van der Waals surface area contributed by atoms with Gasteiger partial charge in [-0.3, -0.25) is 10.1 Å². The van der Waals surface area contributed by atoms with Crippen molar-refractivity contribution in [1.29, 1.82) is 0 Å². The van der Waals surface area contributed by atoms with E-state index in [1.807, 2.05) is 0 Å². The zero-order chi connectivity index (χ0) is 12.4. The van der Waals surface area contributed by atoms with Crippen molar-refractivity contribution in [3.63, 3.8) is 0 Å². The summed E-state index contributed by atoms with van der Waals surface area (Å²) in [5.41, 5.74) is 7.27. The number of nitro groups is 1. The SMILES string of the molecule is CN1CCN(c2ccc([N+](=O)[O-])cc2N)CC1. The maximum atomic E-state index is 10.6. The number of nitrogen functional groups attached to an aromatic ring is 1. The highest BCUT2D eigenvalue weighted by Gasteiger charge is 2.17. The Morgan fingerprint density at radius 1 is 1.29 bits per heavy atom. The Bertz CT molecular complexity index is 427. The summed E-state index contributed by atoms with van der Waals surface area (Å²) in [6.07, 6.45) is 0. The highest BCUT2D eigenvalue weighted by Crippen LogP contribution is 2.28. The molecule has 17 heavy (non-hydrogen) atoms. The molecule has 1 aliphatic heterocycles. The molecular formula is C11H16N4O2. The molecule has 0 atom stereocenters. The Hall–Kier alpha value is -1.82. The molecule has 92 valence electrons. The molecule has 1 fully saturated rings. The Morgan fingerprint density at radius 3 is 2.47 bits per heavy atom. The van der Waals surface area contributed by atoms with E-state index in [0.29, 0.717) is 5.69 Å². The highest BCUT2D eigenvalue weighted by molar-refractivity contribution is 5.70. The number of nitrogens with two attached hydrogens (primary N) is 1. The van der Waals surface area contributed by atoms with Crippen LogP contribution < -0.4 is 10.6 Å². The summed E-state index contributed by atoms with van der Waals surface area (Å²) in [4.78, 5) is 14.6. The molecule has 6 heteroatoms. The standard InChI is InChI=1S/C11H16N4O2/c1-13-4-6-14(7-5-13)11-3-2-9(15(16)17)8-10(11)12/h2-3,8H,4-7,12H2,1H3. The highest BCUT2D eigenvalue weighted by atomic mass is 16.6. The summed E-state index contributed by atoms with van der Waals surface area (Å²) in [5.74, 6) is 0. The van der Waals surface area contributed by atoms with Crippen molar-refractivity contribution in [1.82, 2.24) is 4.90 Å². The van der Waals surface area contributed by atoms with Crippen LogP contribution in [-0.4, -0.2) is 43.0 Å². The number of rotatable bonds is 2. The lowest BCUT2D eigenvalue weighted by atomic mass is 10.2. The number of non-ortho nitro benzene ring substituents is 1. The van der Waals surface area contributed by atoms with Gasteiger partial charge in [0.1, 0.15) is 0 Å². The van der Waals surface area contributed by atoms with E-state index in [2.05, 4.69) is 16.8 Å². The molecule has 2 rings (SSSR count). The Morgan fingerprint density at radius 2 is 1.94 bits per heavy atom. The van der Waals surface area contributed by atoms with Crippen molar-refractivity contribution >= 4 is 17.1 Å². The van der Waals surface area contributed by atoms with E-state index in [9.17, 15) is 10.1 Å². The van der Waals surface area contributed by atoms with E-state index in [1.165, 1.54) is 12.1 Å². The van der Waals surface area contributed by atoms with Crippen LogP contribution in [0.25, 0.3) is 0 Å². The van der Waals surface area contributed by atoms with Crippen LogP contribution in [0.15, 0.2) is 18.2 Å². The van der Waals surface area contributed by atoms with Gasteiger partial charge < -0.3 is 15.5 Å². The van der Waals surface area contributed by atoms with E-state index in [0.717, 1.165) is 31.9 Å². The van der Waals surface area contributed by atoms with Gasteiger partial charge in [0, 0.05) is 38.3 Å². The van der Waals surface area contributed by atoms with Crippen molar-refractivity contribution in [3.8, 4) is 0 Å². The molecule has 1 aromatic carbocycles. The fourth-order valence-electron chi connectivity index (χ4n) is 1.99. The molecule has 0 amide bonds. The average molecular weight is 236 g/mol. The van der Waals surface area contributed by atoms with Crippen LogP contribution in [0.3, 0.4) is 0 Å². The number of hydrogen-bond donors (Lipinski definition) is 1. The van der Waals surface area contributed by atoms with Gasteiger partial charge in [0.15, 0.2) is 0 Å². The fraction of sp³-hybridized carbons (Fsp3) is 0.455. The van der Waals surface area contributed by atoms with Gasteiger partial charge in [-0.15, -0.1) is 0 Å². The van der Waals surface area contributed by atoms with Gasteiger partial charge in [0.2, 0.25) is 0 Å². The Kier molecular flexibility index (Phi) is 3.14. The summed E-state index contributed by atoms with van der Waals surface area (Å²) in [6, 6.07) is 4.66. The van der Waals surface area contributed by atoms with Gasteiger partial charge in [-0.05, 0) is 13.1 Å². The molecule has 0 aliphatic carbocycles. The monoisotopic (exact) mass is 236 g/mol. The van der Waals surface area contributed by atoms with Gasteiger partial charge >= 0.3 is 0 Å². The quantitative estimate of drug-likeness (QED) is 0.469. The summed E-state index contributed by atoms with van der Waals surface area (Å²) < 4.78 is 0. The largest absolute Gasteiger partial charge is 0.397 e. The van der Waals surface area contributed by atoms with Crippen molar-refractivity contribution in [2.75, 3.05) is 43.9 Å². The molecule has 0 radical (unpaired) electrons. The van der Waals surface area contributed by atoms with E-state index in [1.54, 1.807) is 6.07 Å². The smallest absolute Gasteiger partial charge is 0.271 e. The lowest BCUT2D eigenvalue weighted by molar-refractivity contribution is -0.384. The van der Waals surface area contributed by atoms with Gasteiger partial charge in [0.05, 0.1) is 16.3 Å². The number of benzene rings is 1. The van der Waals surface area contributed by atoms with Crippen LogP contribution in [0.4, 0.5) is 17.1 Å². The Labute approximate surface area is 99.8 Å². The molecule has 1 heterocycles. The number of hydrogen-bond acceptors (Lipinski definition) is 5. The van der Waals surface area contributed by atoms with Crippen molar-refractivity contribution < 1.29 is 4.92 Å². The summed E-state index contributed by atoms with van der Waals surface area (Å²) in [7, 11) is 2.08. The van der Waals surface area contributed by atoms with Crippen molar-refractivity contribution in [2.45, 2.75) is 0 Å². The fourth-order valence-corrected chi connectivity index (χ4v) is 1.99. The number of piperazine rings is 1. The van der Waals surface area contributed by atoms with Crippen LogP contribution >= 0.6 is 0 Å². The molecule has 0 bridgehead atoms. The van der Waals surface area contributed by atoms with Crippen molar-refractivity contribution in [2.24, 2.45) is 0 Å². The van der Waals surface area contributed by atoms with Gasteiger partial charge in [0.25, 0.3) is 5.69 Å². The van der Waals surface area contributed by atoms with Gasteiger partial charge in [-0.25, -0.2) is 0 Å². The first kappa shape index (κ1) is 11.7. The van der Waals surface area contributed by atoms with E-state index >= 15 is 0 Å². The molecule has 0 spiro atoms. The molecule has 0 unspecified atom stereocenters. The predicted molar refractivity (Wildman–Crippen MR) is 67.2 cm³/mol. The lowest BCUT2D eigenvalue weighted by Crippen LogP contribution is -2.44. The van der Waals surface area contributed by atoms with E-state index < -0.39 is 4.92 Å². The number of nitrogens with zero attached hydrogens (tertiary/aromatic N) is 3. The molecule has 1 saturated heterocycles. The molecule has 1 aromatic rings. The van der Waals surface area contributed by atoms with Gasteiger partial charge in [-0.2, -0.15) is 0 Å². The third-order valence-corrected chi connectivity index (χ3v) is 3.07.